The van der Waals surface area contributed by atoms with Crippen molar-refractivity contribution in [3.63, 3.8) is 0 Å². The van der Waals surface area contributed by atoms with Crippen LogP contribution in [0.4, 0.5) is 0 Å². The van der Waals surface area contributed by atoms with E-state index in [1.54, 1.807) is 0 Å². The summed E-state index contributed by atoms with van der Waals surface area (Å²) >= 11 is 0. The molecule has 0 aromatic rings. The zero-order valence-electron chi connectivity index (χ0n) is 24.2. The molecule has 196 valence electrons. The van der Waals surface area contributed by atoms with Crippen LogP contribution in [0.5, 0.6) is 0 Å². The molecule has 0 radical (unpaired) electrons. The minimum Gasteiger partial charge on any atom is -0.308 e. The molecule has 6 unspecified atom stereocenters. The third-order valence-corrected chi connectivity index (χ3v) is 9.69. The fourth-order valence-corrected chi connectivity index (χ4v) is 6.36. The van der Waals surface area contributed by atoms with Gasteiger partial charge in [-0.2, -0.15) is 0 Å². The number of hydrogen-bond acceptors (Lipinski definition) is 2. The fraction of sp³-hybridized carbons (Fsp3) is 0.875. The van der Waals surface area contributed by atoms with E-state index in [1.165, 1.54) is 88.3 Å². The maximum absolute atomic E-state index is 8.66. The Bertz CT molecular complexity index is 687. The number of nitrogens with zero attached hydrogens (tertiary/aromatic N) is 1. The van der Waals surface area contributed by atoms with Crippen LogP contribution in [0.15, 0.2) is 16.6 Å². The Morgan fingerprint density at radius 1 is 0.971 bits per heavy atom. The Hall–Kier alpha value is -0.920. The van der Waals surface area contributed by atoms with Crippen molar-refractivity contribution in [2.24, 2.45) is 40.0 Å². The number of allylic oxidation sites excluding steroid dienone is 2. The Balaban J connectivity index is 2.31. The van der Waals surface area contributed by atoms with Crippen LogP contribution in [0, 0.1) is 40.4 Å². The first kappa shape index (κ1) is 29.3. The molecular weight excluding hydrogens is 412 g/mol. The predicted octanol–water partition coefficient (Wildman–Crippen LogP) is 10.1. The van der Waals surface area contributed by atoms with E-state index in [-0.39, 0.29) is 6.04 Å². The van der Waals surface area contributed by atoms with E-state index in [4.69, 9.17) is 10.4 Å². The monoisotopic (exact) mass is 470 g/mol. The second-order valence-electron chi connectivity index (χ2n) is 12.9. The smallest absolute Gasteiger partial charge is 0.0902 e. The molecule has 2 heteroatoms. The minimum atomic E-state index is 0.0821. The van der Waals surface area contributed by atoms with Gasteiger partial charge in [-0.3, -0.25) is 4.99 Å². The quantitative estimate of drug-likeness (QED) is 0.342. The van der Waals surface area contributed by atoms with Crippen molar-refractivity contribution in [3.05, 3.63) is 11.6 Å². The largest absolute Gasteiger partial charge is 0.308 e. The number of hydrogen-bond donors (Lipinski definition) is 1. The van der Waals surface area contributed by atoms with Crippen molar-refractivity contribution in [1.82, 2.24) is 0 Å². The van der Waals surface area contributed by atoms with Crippen LogP contribution in [0.3, 0.4) is 0 Å². The van der Waals surface area contributed by atoms with Gasteiger partial charge in [-0.05, 0) is 100 Å². The Morgan fingerprint density at radius 2 is 1.68 bits per heavy atom. The van der Waals surface area contributed by atoms with Crippen LogP contribution in [0.2, 0.25) is 0 Å². The molecule has 0 aromatic carbocycles. The summed E-state index contributed by atoms with van der Waals surface area (Å²) in [5.74, 6) is 3.47. The highest BCUT2D eigenvalue weighted by molar-refractivity contribution is 5.99. The first-order valence-corrected chi connectivity index (χ1v) is 14.9. The average Bonchev–Trinajstić information content (AvgIpc) is 3.28. The highest BCUT2D eigenvalue weighted by Crippen LogP contribution is 2.40. The Kier molecular flexibility index (Phi) is 12.1. The van der Waals surface area contributed by atoms with Gasteiger partial charge in [0, 0.05) is 17.3 Å². The fourth-order valence-electron chi connectivity index (χ4n) is 6.36. The molecule has 1 N–H and O–H groups in total. The zero-order chi connectivity index (χ0) is 25.3. The molecule has 2 aliphatic carbocycles. The van der Waals surface area contributed by atoms with Gasteiger partial charge in [-0.1, -0.05) is 79.2 Å². The lowest BCUT2D eigenvalue weighted by molar-refractivity contribution is 0.230. The predicted molar refractivity (Wildman–Crippen MR) is 152 cm³/mol. The summed E-state index contributed by atoms with van der Waals surface area (Å²) in [5.41, 5.74) is 4.07. The lowest BCUT2D eigenvalue weighted by Crippen LogP contribution is -2.28. The minimum absolute atomic E-state index is 0.0821. The van der Waals surface area contributed by atoms with Crippen molar-refractivity contribution in [2.75, 3.05) is 0 Å². The maximum Gasteiger partial charge on any atom is 0.0902 e. The molecule has 34 heavy (non-hydrogen) atoms. The van der Waals surface area contributed by atoms with Gasteiger partial charge in [0.1, 0.15) is 0 Å². The molecule has 2 rings (SSSR count). The third-order valence-electron chi connectivity index (χ3n) is 9.69. The highest BCUT2D eigenvalue weighted by atomic mass is 14.8. The van der Waals surface area contributed by atoms with Crippen LogP contribution in [0.25, 0.3) is 0 Å². The topological polar surface area (TPSA) is 36.2 Å². The third kappa shape index (κ3) is 8.94. The summed E-state index contributed by atoms with van der Waals surface area (Å²) < 4.78 is 0. The van der Waals surface area contributed by atoms with E-state index in [1.807, 2.05) is 6.92 Å². The molecule has 0 spiro atoms. The lowest BCUT2D eigenvalue weighted by atomic mass is 9.77. The second kappa shape index (κ2) is 14.0. The Labute approximate surface area is 213 Å². The van der Waals surface area contributed by atoms with Crippen molar-refractivity contribution in [1.29, 1.82) is 5.41 Å². The standard InChI is InChI=1S/C32H58N2/c1-9-24(5)21-30(34-31(26(7)33)29-17-16-28(22-29)23(3)4)27-13-11-12-19-32(8,10-2)20-18-25(6)14-15-27/h21,23,25,27-29,31,33H,9-20,22H2,1-8H3. The first-order valence-electron chi connectivity index (χ1n) is 14.9. The molecule has 0 saturated heterocycles. The highest BCUT2D eigenvalue weighted by Gasteiger charge is 2.34. The van der Waals surface area contributed by atoms with E-state index in [0.717, 1.165) is 29.9 Å². The van der Waals surface area contributed by atoms with Crippen molar-refractivity contribution in [3.8, 4) is 0 Å². The van der Waals surface area contributed by atoms with E-state index < -0.39 is 0 Å². The molecule has 0 aliphatic heterocycles. The second-order valence-corrected chi connectivity index (χ2v) is 12.9. The summed E-state index contributed by atoms with van der Waals surface area (Å²) in [4.78, 5) is 5.50. The van der Waals surface area contributed by atoms with Gasteiger partial charge in [0.25, 0.3) is 0 Å². The van der Waals surface area contributed by atoms with Gasteiger partial charge in [0.05, 0.1) is 6.04 Å². The summed E-state index contributed by atoms with van der Waals surface area (Å²) in [5, 5.41) is 8.66. The Morgan fingerprint density at radius 3 is 2.26 bits per heavy atom. The van der Waals surface area contributed by atoms with Crippen LogP contribution >= 0.6 is 0 Å². The van der Waals surface area contributed by atoms with Crippen molar-refractivity contribution in [2.45, 2.75) is 145 Å². The van der Waals surface area contributed by atoms with Gasteiger partial charge in [0.15, 0.2) is 0 Å². The number of aliphatic imine (C=N–C) groups is 1. The molecule has 0 heterocycles. The van der Waals surface area contributed by atoms with Crippen LogP contribution < -0.4 is 0 Å². The van der Waals surface area contributed by atoms with Crippen LogP contribution in [-0.2, 0) is 0 Å². The molecule has 2 nitrogen and oxygen atoms in total. The van der Waals surface area contributed by atoms with Gasteiger partial charge in [-0.15, -0.1) is 0 Å². The summed E-state index contributed by atoms with van der Waals surface area (Å²) in [6.07, 6.45) is 19.3. The normalized spacial score (nSPS) is 33.6. The molecule has 2 saturated carbocycles. The molecule has 2 aliphatic rings. The molecule has 0 amide bonds. The molecule has 0 bridgehead atoms. The van der Waals surface area contributed by atoms with Crippen molar-refractivity contribution < 1.29 is 0 Å². The van der Waals surface area contributed by atoms with Gasteiger partial charge >= 0.3 is 0 Å². The van der Waals surface area contributed by atoms with Gasteiger partial charge < -0.3 is 5.41 Å². The zero-order valence-corrected chi connectivity index (χ0v) is 24.2. The summed E-state index contributed by atoms with van der Waals surface area (Å²) in [6.45, 7) is 18.7. The van der Waals surface area contributed by atoms with E-state index >= 15 is 0 Å². The maximum atomic E-state index is 8.66. The average molecular weight is 471 g/mol. The number of nitrogens with one attached hydrogen (secondary N) is 1. The van der Waals surface area contributed by atoms with Crippen LogP contribution in [0.1, 0.15) is 139 Å². The van der Waals surface area contributed by atoms with Gasteiger partial charge in [-0.25, -0.2) is 0 Å². The van der Waals surface area contributed by atoms with E-state index in [0.29, 0.717) is 17.3 Å². The lowest BCUT2D eigenvalue weighted by Gasteiger charge is -2.29. The van der Waals surface area contributed by atoms with Crippen LogP contribution in [-0.4, -0.2) is 17.5 Å². The summed E-state index contributed by atoms with van der Waals surface area (Å²) in [7, 11) is 0. The molecular formula is C32H58N2. The molecule has 2 fully saturated rings. The van der Waals surface area contributed by atoms with Crippen molar-refractivity contribution >= 4 is 11.4 Å². The van der Waals surface area contributed by atoms with E-state index in [9.17, 15) is 0 Å². The number of rotatable bonds is 8. The SMILES string of the molecule is CCC(C)=CC(=NC(C(C)=N)C1CCC(C(C)C)C1)C1CCCCC(C)(CC)CCC(C)CC1. The molecule has 0 aromatic heterocycles. The van der Waals surface area contributed by atoms with E-state index in [2.05, 4.69) is 54.5 Å². The van der Waals surface area contributed by atoms with Gasteiger partial charge in [0.2, 0.25) is 0 Å². The first-order chi connectivity index (χ1) is 16.1. The molecule has 6 atom stereocenters. The summed E-state index contributed by atoms with van der Waals surface area (Å²) in [6, 6.07) is 0.0821.